The molecular weight excluding hydrogens is 282 g/mol. The van der Waals surface area contributed by atoms with E-state index in [2.05, 4.69) is 15.5 Å². The van der Waals surface area contributed by atoms with E-state index in [1.807, 2.05) is 13.8 Å². The molecular formula is C16H27N3O3. The van der Waals surface area contributed by atoms with Gasteiger partial charge in [-0.05, 0) is 18.8 Å². The number of carbonyl (C=O) groups is 1. The summed E-state index contributed by atoms with van der Waals surface area (Å²) in [6.45, 7) is 4.29. The number of amides is 1. The van der Waals surface area contributed by atoms with E-state index in [1.54, 1.807) is 0 Å². The first-order valence-electron chi connectivity index (χ1n) is 8.37. The maximum Gasteiger partial charge on any atom is 0.227 e. The Morgan fingerprint density at radius 3 is 2.86 bits per heavy atom. The summed E-state index contributed by atoms with van der Waals surface area (Å²) in [4.78, 5) is 16.2. The van der Waals surface area contributed by atoms with Gasteiger partial charge in [-0.25, -0.2) is 0 Å². The van der Waals surface area contributed by atoms with E-state index in [4.69, 9.17) is 4.52 Å². The zero-order valence-electron chi connectivity index (χ0n) is 13.5. The highest BCUT2D eigenvalue weighted by atomic mass is 16.5. The van der Waals surface area contributed by atoms with Crippen LogP contribution in [0.2, 0.25) is 0 Å². The number of aliphatic hydroxyl groups is 1. The van der Waals surface area contributed by atoms with Crippen molar-refractivity contribution in [2.45, 2.75) is 70.8 Å². The minimum absolute atomic E-state index is 0.0945. The molecule has 0 spiro atoms. The molecule has 0 bridgehead atoms. The third kappa shape index (κ3) is 4.80. The lowest BCUT2D eigenvalue weighted by Gasteiger charge is -2.17. The molecule has 1 amide bonds. The summed E-state index contributed by atoms with van der Waals surface area (Å²) in [6.07, 6.45) is 5.88. The molecule has 1 aliphatic rings. The first-order chi connectivity index (χ1) is 10.6. The third-order valence-corrected chi connectivity index (χ3v) is 4.58. The van der Waals surface area contributed by atoms with E-state index in [9.17, 15) is 9.90 Å². The van der Waals surface area contributed by atoms with Gasteiger partial charge in [0.15, 0.2) is 5.82 Å². The van der Waals surface area contributed by atoms with Crippen LogP contribution in [0.25, 0.3) is 0 Å². The lowest BCUT2D eigenvalue weighted by Crippen LogP contribution is -2.35. The lowest BCUT2D eigenvalue weighted by molar-refractivity contribution is -0.121. The van der Waals surface area contributed by atoms with Crippen LogP contribution in [0.1, 0.15) is 70.0 Å². The topological polar surface area (TPSA) is 88.2 Å². The molecule has 0 radical (unpaired) electrons. The second-order valence-corrected chi connectivity index (χ2v) is 6.28. The number of aryl methyl sites for hydroxylation is 1. The van der Waals surface area contributed by atoms with E-state index >= 15 is 0 Å². The van der Waals surface area contributed by atoms with Crippen molar-refractivity contribution in [3.63, 3.8) is 0 Å². The van der Waals surface area contributed by atoms with Gasteiger partial charge >= 0.3 is 0 Å². The predicted molar refractivity (Wildman–Crippen MR) is 82.3 cm³/mol. The summed E-state index contributed by atoms with van der Waals surface area (Å²) in [7, 11) is 0. The number of aliphatic hydroxyl groups excluding tert-OH is 1. The Balaban J connectivity index is 1.70. The fourth-order valence-electron chi connectivity index (χ4n) is 2.72. The smallest absolute Gasteiger partial charge is 0.227 e. The van der Waals surface area contributed by atoms with Crippen molar-refractivity contribution < 1.29 is 14.4 Å². The summed E-state index contributed by atoms with van der Waals surface area (Å²) < 4.78 is 5.22. The molecule has 2 rings (SSSR count). The van der Waals surface area contributed by atoms with Gasteiger partial charge in [-0.3, -0.25) is 4.79 Å². The van der Waals surface area contributed by atoms with Crippen molar-refractivity contribution >= 4 is 5.91 Å². The van der Waals surface area contributed by atoms with Gasteiger partial charge in [0.1, 0.15) is 0 Å². The molecule has 6 heteroatoms. The van der Waals surface area contributed by atoms with Gasteiger partial charge in [0, 0.05) is 25.3 Å². The summed E-state index contributed by atoms with van der Waals surface area (Å²) in [5.74, 6) is 1.84. The Kier molecular flexibility index (Phi) is 6.36. The van der Waals surface area contributed by atoms with Gasteiger partial charge in [0.25, 0.3) is 0 Å². The number of rotatable bonds is 8. The monoisotopic (exact) mass is 309 g/mol. The Morgan fingerprint density at radius 2 is 2.18 bits per heavy atom. The van der Waals surface area contributed by atoms with Crippen LogP contribution < -0.4 is 5.32 Å². The van der Waals surface area contributed by atoms with Crippen molar-refractivity contribution in [3.8, 4) is 0 Å². The van der Waals surface area contributed by atoms with E-state index in [0.717, 1.165) is 25.1 Å². The summed E-state index contributed by atoms with van der Waals surface area (Å²) in [6, 6.07) is 0. The molecule has 1 aliphatic carbocycles. The summed E-state index contributed by atoms with van der Waals surface area (Å²) in [5.41, 5.74) is 0. The molecule has 2 atom stereocenters. The SMILES string of the molecule is CCC(C)C(O)CNC(=O)CCc1nc(C2CCCC2)no1. The second kappa shape index (κ2) is 8.27. The molecule has 0 saturated heterocycles. The maximum atomic E-state index is 11.8. The fourth-order valence-corrected chi connectivity index (χ4v) is 2.72. The fraction of sp³-hybridized carbons (Fsp3) is 0.812. The average molecular weight is 309 g/mol. The van der Waals surface area contributed by atoms with Crippen LogP contribution in [0.3, 0.4) is 0 Å². The van der Waals surface area contributed by atoms with Crippen LogP contribution in [0.15, 0.2) is 4.52 Å². The molecule has 22 heavy (non-hydrogen) atoms. The van der Waals surface area contributed by atoms with Crippen molar-refractivity contribution in [2.24, 2.45) is 5.92 Å². The zero-order chi connectivity index (χ0) is 15.9. The highest BCUT2D eigenvalue weighted by molar-refractivity contribution is 5.76. The Hall–Kier alpha value is -1.43. The van der Waals surface area contributed by atoms with Crippen LogP contribution in [0, 0.1) is 5.92 Å². The Morgan fingerprint density at radius 1 is 1.45 bits per heavy atom. The molecule has 1 aromatic heterocycles. The highest BCUT2D eigenvalue weighted by Crippen LogP contribution is 2.32. The third-order valence-electron chi connectivity index (χ3n) is 4.58. The van der Waals surface area contributed by atoms with Gasteiger partial charge in [-0.2, -0.15) is 4.98 Å². The lowest BCUT2D eigenvalue weighted by atomic mass is 10.0. The van der Waals surface area contributed by atoms with E-state index in [-0.39, 0.29) is 11.8 Å². The minimum Gasteiger partial charge on any atom is -0.391 e. The van der Waals surface area contributed by atoms with Crippen molar-refractivity contribution in [1.82, 2.24) is 15.5 Å². The quantitative estimate of drug-likeness (QED) is 0.768. The van der Waals surface area contributed by atoms with Gasteiger partial charge in [-0.15, -0.1) is 0 Å². The van der Waals surface area contributed by atoms with Crippen LogP contribution in [-0.4, -0.2) is 33.8 Å². The number of nitrogens with one attached hydrogen (secondary N) is 1. The van der Waals surface area contributed by atoms with Crippen molar-refractivity contribution in [1.29, 1.82) is 0 Å². The standard InChI is InChI=1S/C16H27N3O3/c1-3-11(2)13(20)10-17-14(21)8-9-15-18-16(19-22-15)12-6-4-5-7-12/h11-13,20H,3-10H2,1-2H3,(H,17,21). The molecule has 124 valence electrons. The first-order valence-corrected chi connectivity index (χ1v) is 8.37. The predicted octanol–water partition coefficient (Wildman–Crippen LogP) is 2.18. The number of hydrogen-bond acceptors (Lipinski definition) is 5. The molecule has 1 aromatic rings. The molecule has 1 saturated carbocycles. The number of aromatic nitrogens is 2. The molecule has 0 aliphatic heterocycles. The van der Waals surface area contributed by atoms with Crippen molar-refractivity contribution in [3.05, 3.63) is 11.7 Å². The maximum absolute atomic E-state index is 11.8. The van der Waals surface area contributed by atoms with Gasteiger partial charge < -0.3 is 14.9 Å². The molecule has 2 N–H and O–H groups in total. The Bertz CT molecular complexity index is 469. The molecule has 1 heterocycles. The summed E-state index contributed by atoms with van der Waals surface area (Å²) >= 11 is 0. The minimum atomic E-state index is -0.494. The van der Waals surface area contributed by atoms with Gasteiger partial charge in [0.2, 0.25) is 11.8 Å². The van der Waals surface area contributed by atoms with Crippen LogP contribution >= 0.6 is 0 Å². The molecule has 2 unspecified atom stereocenters. The summed E-state index contributed by atoms with van der Waals surface area (Å²) in [5, 5.41) is 16.6. The molecule has 1 fully saturated rings. The average Bonchev–Trinajstić information content (AvgIpc) is 3.20. The normalized spacial score (nSPS) is 18.3. The Labute approximate surface area is 131 Å². The van der Waals surface area contributed by atoms with Gasteiger partial charge in [-0.1, -0.05) is 38.3 Å². The van der Waals surface area contributed by atoms with E-state index < -0.39 is 6.10 Å². The second-order valence-electron chi connectivity index (χ2n) is 6.28. The zero-order valence-corrected chi connectivity index (χ0v) is 13.5. The highest BCUT2D eigenvalue weighted by Gasteiger charge is 2.22. The number of hydrogen-bond donors (Lipinski definition) is 2. The molecule has 6 nitrogen and oxygen atoms in total. The number of nitrogens with zero attached hydrogens (tertiary/aromatic N) is 2. The first kappa shape index (κ1) is 16.9. The van der Waals surface area contributed by atoms with E-state index in [0.29, 0.717) is 31.2 Å². The van der Waals surface area contributed by atoms with Crippen molar-refractivity contribution in [2.75, 3.05) is 6.54 Å². The van der Waals surface area contributed by atoms with Crippen LogP contribution in [-0.2, 0) is 11.2 Å². The largest absolute Gasteiger partial charge is 0.391 e. The van der Waals surface area contributed by atoms with E-state index in [1.165, 1.54) is 12.8 Å². The molecule has 0 aromatic carbocycles. The van der Waals surface area contributed by atoms with Crippen LogP contribution in [0.4, 0.5) is 0 Å². The van der Waals surface area contributed by atoms with Gasteiger partial charge in [0.05, 0.1) is 6.10 Å². The number of carbonyl (C=O) groups excluding carboxylic acids is 1. The van der Waals surface area contributed by atoms with Crippen LogP contribution in [0.5, 0.6) is 0 Å².